The zero-order valence-corrected chi connectivity index (χ0v) is 8.74. The molecule has 2 rings (SSSR count). The number of hydrogen-bond acceptors (Lipinski definition) is 1. The second-order valence-corrected chi connectivity index (χ2v) is 3.80. The highest BCUT2D eigenvalue weighted by molar-refractivity contribution is 5.79. The summed E-state index contributed by atoms with van der Waals surface area (Å²) in [5.74, 6) is 0. The summed E-state index contributed by atoms with van der Waals surface area (Å²) in [5, 5.41) is 1.23. The van der Waals surface area contributed by atoms with Gasteiger partial charge in [-0.15, -0.1) is 6.58 Å². The molecule has 0 aliphatic rings. The molecule has 0 saturated heterocycles. The third-order valence-electron chi connectivity index (χ3n) is 2.69. The van der Waals surface area contributed by atoms with E-state index < -0.39 is 0 Å². The predicted molar refractivity (Wildman–Crippen MR) is 64.7 cm³/mol. The van der Waals surface area contributed by atoms with Gasteiger partial charge >= 0.3 is 0 Å². The van der Waals surface area contributed by atoms with Crippen LogP contribution in [0.1, 0.15) is 24.4 Å². The van der Waals surface area contributed by atoms with Crippen molar-refractivity contribution in [2.45, 2.75) is 18.9 Å². The summed E-state index contributed by atoms with van der Waals surface area (Å²) in [4.78, 5) is 3.20. The molecule has 0 saturated carbocycles. The summed E-state index contributed by atoms with van der Waals surface area (Å²) in [6.45, 7) is 3.71. The van der Waals surface area contributed by atoms with Crippen molar-refractivity contribution in [1.29, 1.82) is 0 Å². The summed E-state index contributed by atoms with van der Waals surface area (Å²) < 4.78 is 0. The van der Waals surface area contributed by atoms with Gasteiger partial charge in [-0.05, 0) is 35.9 Å². The van der Waals surface area contributed by atoms with Gasteiger partial charge in [0.25, 0.3) is 0 Å². The largest absolute Gasteiger partial charge is 0.361 e. The predicted octanol–water partition coefficient (Wildman–Crippen LogP) is 3.13. The monoisotopic (exact) mass is 200 g/mol. The van der Waals surface area contributed by atoms with Gasteiger partial charge in [0.15, 0.2) is 0 Å². The molecule has 1 aromatic heterocycles. The third kappa shape index (κ3) is 2.10. The molecule has 0 radical (unpaired) electrons. The molecule has 2 heteroatoms. The standard InChI is InChI=1S/C13H16N2/c1-2-3-4-12(14)11-6-5-10-7-8-15-13(10)9-11/h2,5-9,12,15H,1,3-4,14H2/t12-/m0/s1. The smallest absolute Gasteiger partial charge is 0.0457 e. The Bertz CT molecular complexity index is 456. The van der Waals surface area contributed by atoms with E-state index in [1.165, 1.54) is 10.9 Å². The number of aromatic nitrogens is 1. The summed E-state index contributed by atoms with van der Waals surface area (Å²) >= 11 is 0. The van der Waals surface area contributed by atoms with Crippen LogP contribution in [0, 0.1) is 0 Å². The van der Waals surface area contributed by atoms with Crippen LogP contribution in [0.15, 0.2) is 43.1 Å². The molecule has 2 aromatic rings. The SMILES string of the molecule is C=CCC[C@H](N)c1ccc2cc[nH]c2c1. The van der Waals surface area contributed by atoms with Crippen LogP contribution in [0.3, 0.4) is 0 Å². The first-order valence-electron chi connectivity index (χ1n) is 5.25. The van der Waals surface area contributed by atoms with E-state index in [0.29, 0.717) is 0 Å². The molecule has 0 aliphatic carbocycles. The fourth-order valence-electron chi connectivity index (χ4n) is 1.76. The topological polar surface area (TPSA) is 41.8 Å². The molecule has 15 heavy (non-hydrogen) atoms. The van der Waals surface area contributed by atoms with Crippen LogP contribution in [0.2, 0.25) is 0 Å². The van der Waals surface area contributed by atoms with E-state index in [-0.39, 0.29) is 6.04 Å². The molecule has 0 bridgehead atoms. The Labute approximate surface area is 89.8 Å². The number of nitrogens with one attached hydrogen (secondary N) is 1. The van der Waals surface area contributed by atoms with Crippen molar-refractivity contribution < 1.29 is 0 Å². The molecule has 0 amide bonds. The van der Waals surface area contributed by atoms with Crippen molar-refractivity contribution in [2.75, 3.05) is 0 Å². The van der Waals surface area contributed by atoms with Crippen molar-refractivity contribution in [3.05, 3.63) is 48.7 Å². The molecule has 78 valence electrons. The molecule has 0 aliphatic heterocycles. The summed E-state index contributed by atoms with van der Waals surface area (Å²) in [6.07, 6.45) is 5.77. The maximum atomic E-state index is 6.08. The average Bonchev–Trinajstić information content (AvgIpc) is 2.72. The summed E-state index contributed by atoms with van der Waals surface area (Å²) in [6, 6.07) is 8.51. The lowest BCUT2D eigenvalue weighted by Gasteiger charge is -2.10. The first-order valence-corrected chi connectivity index (χ1v) is 5.25. The van der Waals surface area contributed by atoms with Gasteiger partial charge in [0.05, 0.1) is 0 Å². The van der Waals surface area contributed by atoms with Gasteiger partial charge in [-0.25, -0.2) is 0 Å². The Hall–Kier alpha value is -1.54. The number of hydrogen-bond donors (Lipinski definition) is 2. The minimum Gasteiger partial charge on any atom is -0.361 e. The van der Waals surface area contributed by atoms with Crippen LogP contribution < -0.4 is 5.73 Å². The van der Waals surface area contributed by atoms with E-state index >= 15 is 0 Å². The van der Waals surface area contributed by atoms with Crippen LogP contribution in [-0.2, 0) is 0 Å². The highest BCUT2D eigenvalue weighted by Gasteiger charge is 2.05. The second-order valence-electron chi connectivity index (χ2n) is 3.80. The van der Waals surface area contributed by atoms with Crippen LogP contribution in [-0.4, -0.2) is 4.98 Å². The fraction of sp³-hybridized carbons (Fsp3) is 0.231. The van der Waals surface area contributed by atoms with Crippen LogP contribution >= 0.6 is 0 Å². The maximum absolute atomic E-state index is 6.08. The van der Waals surface area contributed by atoms with Gasteiger partial charge < -0.3 is 10.7 Å². The summed E-state index contributed by atoms with van der Waals surface area (Å²) in [7, 11) is 0. The first-order chi connectivity index (χ1) is 7.31. The van der Waals surface area contributed by atoms with Crippen molar-refractivity contribution in [1.82, 2.24) is 4.98 Å². The van der Waals surface area contributed by atoms with Gasteiger partial charge in [0.1, 0.15) is 0 Å². The lowest BCUT2D eigenvalue weighted by atomic mass is 10.0. The number of allylic oxidation sites excluding steroid dienone is 1. The van der Waals surface area contributed by atoms with Crippen molar-refractivity contribution >= 4 is 10.9 Å². The zero-order chi connectivity index (χ0) is 10.7. The highest BCUT2D eigenvalue weighted by Crippen LogP contribution is 2.20. The molecule has 0 spiro atoms. The molecule has 1 atom stereocenters. The van der Waals surface area contributed by atoms with Crippen LogP contribution in [0.5, 0.6) is 0 Å². The molecule has 3 N–H and O–H groups in total. The Kier molecular flexibility index (Phi) is 2.88. The molecular weight excluding hydrogens is 184 g/mol. The number of nitrogens with two attached hydrogens (primary N) is 1. The minimum atomic E-state index is 0.107. The average molecular weight is 200 g/mol. The van der Waals surface area contributed by atoms with E-state index in [1.54, 1.807) is 0 Å². The molecule has 0 fully saturated rings. The number of rotatable bonds is 4. The normalized spacial score (nSPS) is 12.9. The number of fused-ring (bicyclic) bond motifs is 1. The Morgan fingerprint density at radius 1 is 1.40 bits per heavy atom. The van der Waals surface area contributed by atoms with Gasteiger partial charge in [-0.3, -0.25) is 0 Å². The van der Waals surface area contributed by atoms with Gasteiger partial charge in [-0.1, -0.05) is 18.2 Å². The maximum Gasteiger partial charge on any atom is 0.0457 e. The van der Waals surface area contributed by atoms with E-state index in [4.69, 9.17) is 5.73 Å². The molecule has 1 aromatic carbocycles. The molecule has 0 unspecified atom stereocenters. The highest BCUT2D eigenvalue weighted by atomic mass is 14.7. The number of benzene rings is 1. The summed E-state index contributed by atoms with van der Waals surface area (Å²) in [5.41, 5.74) is 8.42. The van der Waals surface area contributed by atoms with Crippen LogP contribution in [0.4, 0.5) is 0 Å². The lowest BCUT2D eigenvalue weighted by Crippen LogP contribution is -2.09. The lowest BCUT2D eigenvalue weighted by molar-refractivity contribution is 0.662. The van der Waals surface area contributed by atoms with Gasteiger partial charge in [0, 0.05) is 17.8 Å². The minimum absolute atomic E-state index is 0.107. The van der Waals surface area contributed by atoms with Crippen LogP contribution in [0.25, 0.3) is 10.9 Å². The van der Waals surface area contributed by atoms with E-state index in [0.717, 1.165) is 18.4 Å². The Morgan fingerprint density at radius 3 is 3.07 bits per heavy atom. The molecule has 2 nitrogen and oxygen atoms in total. The first kappa shape index (κ1) is 9.99. The van der Waals surface area contributed by atoms with Crippen molar-refractivity contribution in [3.8, 4) is 0 Å². The van der Waals surface area contributed by atoms with E-state index in [1.807, 2.05) is 12.3 Å². The molecular formula is C13H16N2. The van der Waals surface area contributed by atoms with Gasteiger partial charge in [0.2, 0.25) is 0 Å². The fourth-order valence-corrected chi connectivity index (χ4v) is 1.76. The Balaban J connectivity index is 2.23. The van der Waals surface area contributed by atoms with E-state index in [2.05, 4.69) is 35.8 Å². The van der Waals surface area contributed by atoms with E-state index in [9.17, 15) is 0 Å². The second kappa shape index (κ2) is 4.32. The van der Waals surface area contributed by atoms with Gasteiger partial charge in [-0.2, -0.15) is 0 Å². The third-order valence-corrected chi connectivity index (χ3v) is 2.69. The van der Waals surface area contributed by atoms with Crippen molar-refractivity contribution in [2.24, 2.45) is 5.73 Å². The Morgan fingerprint density at radius 2 is 2.27 bits per heavy atom. The number of H-pyrrole nitrogens is 1. The quantitative estimate of drug-likeness (QED) is 0.731. The molecule has 1 heterocycles. The van der Waals surface area contributed by atoms with Crippen molar-refractivity contribution in [3.63, 3.8) is 0 Å². The zero-order valence-electron chi connectivity index (χ0n) is 8.74. The number of aromatic amines is 1.